The lowest BCUT2D eigenvalue weighted by atomic mass is 9.94. The molecule has 6 nitrogen and oxygen atoms in total. The highest BCUT2D eigenvalue weighted by Gasteiger charge is 2.38. The lowest BCUT2D eigenvalue weighted by Gasteiger charge is -2.28. The molecule has 0 aliphatic heterocycles. The van der Waals surface area contributed by atoms with Crippen LogP contribution in [0, 0.1) is 0 Å². The standard InChI is InChI=1S/C14H24N4O2S/c1-3-20-12(19)14(2,17-11-6-7-11)8-4-5-9-21-13-15-10-16-18-13/h10-11,17H,3-9H2,1-2H3,(H,15,16,18). The van der Waals surface area contributed by atoms with Gasteiger partial charge in [0.05, 0.1) is 6.61 Å². The van der Waals surface area contributed by atoms with Gasteiger partial charge in [-0.15, -0.1) is 0 Å². The van der Waals surface area contributed by atoms with Crippen LogP contribution in [0.3, 0.4) is 0 Å². The molecule has 1 aromatic heterocycles. The number of esters is 1. The Hall–Kier alpha value is -1.08. The van der Waals surface area contributed by atoms with Crippen molar-refractivity contribution >= 4 is 17.7 Å². The average molecular weight is 312 g/mol. The van der Waals surface area contributed by atoms with Crippen molar-refractivity contribution in [2.75, 3.05) is 12.4 Å². The number of nitrogens with zero attached hydrogens (tertiary/aromatic N) is 2. The summed E-state index contributed by atoms with van der Waals surface area (Å²) in [5, 5.41) is 10.9. The van der Waals surface area contributed by atoms with Crippen LogP contribution in [-0.4, -0.2) is 45.1 Å². The summed E-state index contributed by atoms with van der Waals surface area (Å²) in [7, 11) is 0. The molecule has 0 aromatic carbocycles. The summed E-state index contributed by atoms with van der Waals surface area (Å²) in [6.45, 7) is 4.25. The second-order valence-electron chi connectivity index (χ2n) is 5.57. The first-order valence-corrected chi connectivity index (χ1v) is 8.55. The number of carbonyl (C=O) groups is 1. The molecule has 1 aliphatic rings. The third-order valence-electron chi connectivity index (χ3n) is 3.53. The van der Waals surface area contributed by atoms with E-state index in [2.05, 4.69) is 20.5 Å². The van der Waals surface area contributed by atoms with E-state index in [1.54, 1.807) is 11.8 Å². The van der Waals surface area contributed by atoms with E-state index < -0.39 is 5.54 Å². The predicted octanol–water partition coefficient (Wildman–Crippen LogP) is 2.14. The van der Waals surface area contributed by atoms with Gasteiger partial charge in [-0.3, -0.25) is 15.2 Å². The molecule has 0 spiro atoms. The number of hydrogen-bond acceptors (Lipinski definition) is 6. The highest BCUT2D eigenvalue weighted by Crippen LogP contribution is 2.26. The first kappa shape index (κ1) is 16.3. The van der Waals surface area contributed by atoms with Crippen LogP contribution in [0.2, 0.25) is 0 Å². The van der Waals surface area contributed by atoms with E-state index in [0.717, 1.165) is 43.0 Å². The van der Waals surface area contributed by atoms with Crippen LogP contribution in [0.4, 0.5) is 0 Å². The van der Waals surface area contributed by atoms with Gasteiger partial charge in [0, 0.05) is 11.8 Å². The molecule has 1 saturated carbocycles. The van der Waals surface area contributed by atoms with Crippen LogP contribution >= 0.6 is 11.8 Å². The fraction of sp³-hybridized carbons (Fsp3) is 0.786. The van der Waals surface area contributed by atoms with Crippen LogP contribution in [0.25, 0.3) is 0 Å². The van der Waals surface area contributed by atoms with Crippen LogP contribution in [0.15, 0.2) is 11.5 Å². The molecule has 1 aliphatic carbocycles. The van der Waals surface area contributed by atoms with Gasteiger partial charge in [-0.05, 0) is 39.5 Å². The number of unbranched alkanes of at least 4 members (excludes halogenated alkanes) is 1. The zero-order valence-electron chi connectivity index (χ0n) is 12.7. The summed E-state index contributed by atoms with van der Waals surface area (Å²) in [6, 6.07) is 0.489. The largest absolute Gasteiger partial charge is 0.465 e. The Morgan fingerprint density at radius 2 is 2.38 bits per heavy atom. The van der Waals surface area contributed by atoms with E-state index in [-0.39, 0.29) is 5.97 Å². The molecule has 0 saturated heterocycles. The lowest BCUT2D eigenvalue weighted by molar-refractivity contribution is -0.151. The molecule has 118 valence electrons. The van der Waals surface area contributed by atoms with Crippen LogP contribution in [0.1, 0.15) is 46.0 Å². The van der Waals surface area contributed by atoms with Gasteiger partial charge in [0.1, 0.15) is 11.9 Å². The number of nitrogens with one attached hydrogen (secondary N) is 2. The zero-order valence-corrected chi connectivity index (χ0v) is 13.5. The molecule has 0 bridgehead atoms. The lowest BCUT2D eigenvalue weighted by Crippen LogP contribution is -2.51. The Labute approximate surface area is 129 Å². The molecule has 7 heteroatoms. The summed E-state index contributed by atoms with van der Waals surface area (Å²) in [5.74, 6) is 0.845. The third-order valence-corrected chi connectivity index (χ3v) is 4.49. The minimum absolute atomic E-state index is 0.125. The van der Waals surface area contributed by atoms with Gasteiger partial charge >= 0.3 is 5.97 Å². The Bertz CT molecular complexity index is 436. The molecule has 1 fully saturated rings. The SMILES string of the molecule is CCOC(=O)C(C)(CCCCSc1ncn[nH]1)NC1CC1. The van der Waals surface area contributed by atoms with E-state index in [1.165, 1.54) is 6.33 Å². The van der Waals surface area contributed by atoms with Crippen LogP contribution in [-0.2, 0) is 9.53 Å². The molecule has 0 amide bonds. The normalized spacial score (nSPS) is 17.4. The number of hydrogen-bond donors (Lipinski definition) is 2. The summed E-state index contributed by atoms with van der Waals surface area (Å²) in [6.07, 6.45) is 6.66. The maximum Gasteiger partial charge on any atom is 0.326 e. The first-order chi connectivity index (χ1) is 10.1. The van der Waals surface area contributed by atoms with Gasteiger partial charge in [-0.2, -0.15) is 5.10 Å². The Kier molecular flexibility index (Phi) is 6.05. The molecule has 2 rings (SSSR count). The molecule has 1 aromatic rings. The number of aromatic nitrogens is 3. The van der Waals surface area contributed by atoms with E-state index in [9.17, 15) is 4.79 Å². The van der Waals surface area contributed by atoms with E-state index >= 15 is 0 Å². The topological polar surface area (TPSA) is 79.9 Å². The van der Waals surface area contributed by atoms with Gasteiger partial charge in [0.2, 0.25) is 0 Å². The van der Waals surface area contributed by atoms with E-state index in [4.69, 9.17) is 4.74 Å². The van der Waals surface area contributed by atoms with Gasteiger partial charge in [-0.25, -0.2) is 4.98 Å². The van der Waals surface area contributed by atoms with E-state index in [1.807, 2.05) is 13.8 Å². The van der Waals surface area contributed by atoms with Crippen LogP contribution in [0.5, 0.6) is 0 Å². The molecule has 2 N–H and O–H groups in total. The van der Waals surface area contributed by atoms with Crippen molar-refractivity contribution in [1.82, 2.24) is 20.5 Å². The highest BCUT2D eigenvalue weighted by molar-refractivity contribution is 7.99. The zero-order chi connectivity index (χ0) is 15.1. The maximum atomic E-state index is 12.2. The Morgan fingerprint density at radius 3 is 3.00 bits per heavy atom. The van der Waals surface area contributed by atoms with Crippen molar-refractivity contribution in [3.8, 4) is 0 Å². The fourth-order valence-corrected chi connectivity index (χ4v) is 3.00. The van der Waals surface area contributed by atoms with Crippen molar-refractivity contribution < 1.29 is 9.53 Å². The average Bonchev–Trinajstić information content (AvgIpc) is 3.11. The van der Waals surface area contributed by atoms with Crippen molar-refractivity contribution in [2.24, 2.45) is 0 Å². The van der Waals surface area contributed by atoms with Crippen molar-refractivity contribution in [3.05, 3.63) is 6.33 Å². The molecule has 1 atom stereocenters. The second-order valence-corrected chi connectivity index (χ2v) is 6.65. The monoisotopic (exact) mass is 312 g/mol. The second kappa shape index (κ2) is 7.79. The maximum absolute atomic E-state index is 12.2. The number of carbonyl (C=O) groups excluding carboxylic acids is 1. The Balaban J connectivity index is 1.71. The molecular weight excluding hydrogens is 288 g/mol. The van der Waals surface area contributed by atoms with E-state index in [0.29, 0.717) is 12.6 Å². The van der Waals surface area contributed by atoms with Crippen molar-refractivity contribution in [3.63, 3.8) is 0 Å². The number of rotatable bonds is 10. The Morgan fingerprint density at radius 1 is 1.57 bits per heavy atom. The van der Waals surface area contributed by atoms with Gasteiger partial charge in [0.15, 0.2) is 5.16 Å². The number of aromatic amines is 1. The smallest absolute Gasteiger partial charge is 0.326 e. The minimum atomic E-state index is -0.548. The van der Waals surface area contributed by atoms with Gasteiger partial charge in [-0.1, -0.05) is 18.2 Å². The molecule has 0 radical (unpaired) electrons. The van der Waals surface area contributed by atoms with Gasteiger partial charge < -0.3 is 4.74 Å². The van der Waals surface area contributed by atoms with Crippen molar-refractivity contribution in [2.45, 2.75) is 62.7 Å². The number of ether oxygens (including phenoxy) is 1. The number of H-pyrrole nitrogens is 1. The number of thioether (sulfide) groups is 1. The fourth-order valence-electron chi connectivity index (χ4n) is 2.21. The molecule has 1 heterocycles. The molecular formula is C14H24N4O2S. The van der Waals surface area contributed by atoms with Crippen molar-refractivity contribution in [1.29, 1.82) is 0 Å². The summed E-state index contributed by atoms with van der Waals surface area (Å²) in [4.78, 5) is 16.2. The van der Waals surface area contributed by atoms with Crippen LogP contribution < -0.4 is 5.32 Å². The van der Waals surface area contributed by atoms with Gasteiger partial charge in [0.25, 0.3) is 0 Å². The first-order valence-electron chi connectivity index (χ1n) is 7.57. The highest BCUT2D eigenvalue weighted by atomic mass is 32.2. The minimum Gasteiger partial charge on any atom is -0.465 e. The molecule has 21 heavy (non-hydrogen) atoms. The third kappa shape index (κ3) is 5.32. The predicted molar refractivity (Wildman–Crippen MR) is 82.2 cm³/mol. The summed E-state index contributed by atoms with van der Waals surface area (Å²) >= 11 is 1.66. The summed E-state index contributed by atoms with van der Waals surface area (Å²) < 4.78 is 5.22. The quantitative estimate of drug-likeness (QED) is 0.391. The molecule has 1 unspecified atom stereocenters. The summed E-state index contributed by atoms with van der Waals surface area (Å²) in [5.41, 5.74) is -0.548.